The molecule has 0 radical (unpaired) electrons. The molecule has 0 amide bonds. The van der Waals surface area contributed by atoms with Crippen LogP contribution in [0.1, 0.15) is 59.3 Å². The third-order valence-corrected chi connectivity index (χ3v) is 5.28. The van der Waals surface area contributed by atoms with E-state index < -0.39 is 16.8 Å². The van der Waals surface area contributed by atoms with Crippen LogP contribution in [0, 0.1) is 16.7 Å². The highest BCUT2D eigenvalue weighted by Gasteiger charge is 2.58. The second kappa shape index (κ2) is 7.25. The average Bonchev–Trinajstić information content (AvgIpc) is 2.66. The van der Waals surface area contributed by atoms with Crippen LogP contribution in [0.25, 0.3) is 0 Å². The molecule has 5 nitrogen and oxygen atoms in total. The number of carbonyl (C=O) groups is 2. The molecule has 122 valence electrons. The first kappa shape index (κ1) is 18.0. The zero-order valence-corrected chi connectivity index (χ0v) is 13.4. The van der Waals surface area contributed by atoms with Crippen molar-refractivity contribution in [1.82, 2.24) is 0 Å². The molecule has 0 aromatic carbocycles. The first-order valence-corrected chi connectivity index (χ1v) is 7.78. The lowest BCUT2D eigenvalue weighted by Gasteiger charge is -2.37. The number of hydrogen-bond acceptors (Lipinski definition) is 4. The minimum Gasteiger partial charge on any atom is -0.481 e. The molecule has 21 heavy (non-hydrogen) atoms. The molecule has 0 bridgehead atoms. The summed E-state index contributed by atoms with van der Waals surface area (Å²) >= 11 is 0. The molecule has 1 aliphatic carbocycles. The minimum atomic E-state index is -0.877. The summed E-state index contributed by atoms with van der Waals surface area (Å²) < 4.78 is 5.32. The third-order valence-electron chi connectivity index (χ3n) is 5.28. The number of rotatable bonds is 8. The van der Waals surface area contributed by atoms with Crippen molar-refractivity contribution in [3.63, 3.8) is 0 Å². The summed E-state index contributed by atoms with van der Waals surface area (Å²) in [4.78, 5) is 23.7. The highest BCUT2D eigenvalue weighted by Crippen LogP contribution is 2.56. The summed E-state index contributed by atoms with van der Waals surface area (Å²) in [6.07, 6.45) is 4.50. The lowest BCUT2D eigenvalue weighted by Crippen LogP contribution is -2.43. The normalized spacial score (nSPS) is 27.5. The predicted molar refractivity (Wildman–Crippen MR) is 78.8 cm³/mol. The topological polar surface area (TPSA) is 83.8 Å². The largest absolute Gasteiger partial charge is 0.481 e. The molecular weight excluding hydrogens is 272 g/mol. The predicted octanol–water partition coefficient (Wildman–Crippen LogP) is 2.61. The maximum Gasteiger partial charge on any atom is 0.309 e. The van der Waals surface area contributed by atoms with E-state index in [1.165, 1.54) is 0 Å². The Balaban J connectivity index is 2.47. The first-order chi connectivity index (χ1) is 9.77. The molecule has 1 fully saturated rings. The van der Waals surface area contributed by atoms with Gasteiger partial charge in [0.15, 0.2) is 0 Å². The van der Waals surface area contributed by atoms with Crippen molar-refractivity contribution in [3.05, 3.63) is 0 Å². The Morgan fingerprint density at radius 2 is 1.76 bits per heavy atom. The van der Waals surface area contributed by atoms with Gasteiger partial charge in [-0.1, -0.05) is 20.3 Å². The smallest absolute Gasteiger partial charge is 0.309 e. The zero-order chi connectivity index (χ0) is 16.1. The summed E-state index contributed by atoms with van der Waals surface area (Å²) in [6, 6.07) is 0. The molecule has 2 unspecified atom stereocenters. The van der Waals surface area contributed by atoms with E-state index in [9.17, 15) is 14.7 Å². The Morgan fingerprint density at radius 1 is 1.14 bits per heavy atom. The Labute approximate surface area is 126 Å². The number of aliphatic carboxylic acids is 1. The van der Waals surface area contributed by atoms with E-state index in [-0.39, 0.29) is 18.5 Å². The molecule has 1 aliphatic rings. The number of hydrogen-bond donors (Lipinski definition) is 2. The molecule has 1 rings (SSSR count). The van der Waals surface area contributed by atoms with Crippen molar-refractivity contribution in [1.29, 1.82) is 0 Å². The van der Waals surface area contributed by atoms with E-state index in [1.54, 1.807) is 6.92 Å². The van der Waals surface area contributed by atoms with Crippen LogP contribution in [-0.4, -0.2) is 35.4 Å². The number of unbranched alkanes of at least 4 members (excludes halogenated alkanes) is 3. The molecule has 2 atom stereocenters. The van der Waals surface area contributed by atoms with Crippen LogP contribution < -0.4 is 0 Å². The van der Waals surface area contributed by atoms with Gasteiger partial charge in [0.05, 0.1) is 17.9 Å². The zero-order valence-electron chi connectivity index (χ0n) is 13.4. The van der Waals surface area contributed by atoms with Crippen molar-refractivity contribution in [2.75, 3.05) is 13.2 Å². The molecule has 0 aromatic heterocycles. The fourth-order valence-electron chi connectivity index (χ4n) is 3.14. The highest BCUT2D eigenvalue weighted by molar-refractivity contribution is 5.80. The minimum absolute atomic E-state index is 0.198. The summed E-state index contributed by atoms with van der Waals surface area (Å²) in [6.45, 7) is 5.99. The van der Waals surface area contributed by atoms with Crippen molar-refractivity contribution >= 4 is 11.9 Å². The van der Waals surface area contributed by atoms with Gasteiger partial charge < -0.3 is 14.9 Å². The molecule has 0 spiro atoms. The number of aliphatic hydroxyl groups is 1. The Bertz CT molecular complexity index is 377. The number of aliphatic hydroxyl groups excluding tert-OH is 1. The van der Waals surface area contributed by atoms with E-state index in [2.05, 4.69) is 0 Å². The second-order valence-corrected chi connectivity index (χ2v) is 6.76. The number of carboxylic acids is 1. The van der Waals surface area contributed by atoms with Crippen LogP contribution in [0.4, 0.5) is 0 Å². The Morgan fingerprint density at radius 3 is 2.29 bits per heavy atom. The summed E-state index contributed by atoms with van der Waals surface area (Å²) in [5, 5.41) is 18.1. The van der Waals surface area contributed by atoms with E-state index in [0.717, 1.165) is 25.7 Å². The monoisotopic (exact) mass is 300 g/mol. The second-order valence-electron chi connectivity index (χ2n) is 6.76. The number of carboxylic acid groups (broad SMARTS) is 1. The Kier molecular flexibility index (Phi) is 6.20. The number of carbonyl (C=O) groups excluding carboxylic acids is 1. The van der Waals surface area contributed by atoms with Gasteiger partial charge in [0.1, 0.15) is 0 Å². The van der Waals surface area contributed by atoms with E-state index in [1.807, 2.05) is 13.8 Å². The van der Waals surface area contributed by atoms with Crippen LogP contribution in [0.3, 0.4) is 0 Å². The van der Waals surface area contributed by atoms with Crippen molar-refractivity contribution < 1.29 is 24.5 Å². The maximum absolute atomic E-state index is 12.2. The first-order valence-electron chi connectivity index (χ1n) is 7.78. The lowest BCUT2D eigenvalue weighted by atomic mass is 9.66. The molecular formula is C16H28O5. The van der Waals surface area contributed by atoms with Gasteiger partial charge in [-0.15, -0.1) is 0 Å². The summed E-state index contributed by atoms with van der Waals surface area (Å²) in [5.41, 5.74) is -1.48. The molecule has 0 heterocycles. The third kappa shape index (κ3) is 3.76. The van der Waals surface area contributed by atoms with Gasteiger partial charge >= 0.3 is 11.9 Å². The van der Waals surface area contributed by atoms with Gasteiger partial charge in [-0.25, -0.2) is 0 Å². The highest BCUT2D eigenvalue weighted by atomic mass is 16.5. The maximum atomic E-state index is 12.2. The Hall–Kier alpha value is -1.10. The van der Waals surface area contributed by atoms with Crippen LogP contribution in [-0.2, 0) is 14.3 Å². The van der Waals surface area contributed by atoms with Crippen LogP contribution >= 0.6 is 0 Å². The molecule has 2 N–H and O–H groups in total. The van der Waals surface area contributed by atoms with Crippen molar-refractivity contribution in [2.45, 2.75) is 59.3 Å². The summed E-state index contributed by atoms with van der Waals surface area (Å²) in [5.74, 6) is -1.46. The standard InChI is InChI=1S/C16H28O5/c1-15(2)12(8-9-16(15,3)14(19)20)13(18)21-11-7-5-4-6-10-17/h12,17H,4-11H2,1-3H3,(H,19,20). The SMILES string of the molecule is CC1(C(=O)O)CCC(C(=O)OCCCCCCO)C1(C)C. The number of ether oxygens (including phenoxy) is 1. The van der Waals surface area contributed by atoms with Gasteiger partial charge in [0.25, 0.3) is 0 Å². The molecule has 0 saturated heterocycles. The fraction of sp³-hybridized carbons (Fsp3) is 0.875. The van der Waals surface area contributed by atoms with Crippen LogP contribution in [0.2, 0.25) is 0 Å². The van der Waals surface area contributed by atoms with Gasteiger partial charge in [-0.05, 0) is 44.4 Å². The van der Waals surface area contributed by atoms with Crippen LogP contribution in [0.5, 0.6) is 0 Å². The van der Waals surface area contributed by atoms with Crippen molar-refractivity contribution in [3.8, 4) is 0 Å². The van der Waals surface area contributed by atoms with E-state index in [4.69, 9.17) is 9.84 Å². The van der Waals surface area contributed by atoms with Gasteiger partial charge in [0, 0.05) is 6.61 Å². The molecule has 0 aromatic rings. The molecule has 5 heteroatoms. The fourth-order valence-corrected chi connectivity index (χ4v) is 3.14. The summed E-state index contributed by atoms with van der Waals surface area (Å²) in [7, 11) is 0. The van der Waals surface area contributed by atoms with E-state index in [0.29, 0.717) is 19.4 Å². The molecule has 1 saturated carbocycles. The van der Waals surface area contributed by atoms with Crippen LogP contribution in [0.15, 0.2) is 0 Å². The van der Waals surface area contributed by atoms with Gasteiger partial charge in [-0.2, -0.15) is 0 Å². The lowest BCUT2D eigenvalue weighted by molar-refractivity contribution is -0.160. The van der Waals surface area contributed by atoms with Gasteiger partial charge in [-0.3, -0.25) is 9.59 Å². The average molecular weight is 300 g/mol. The molecule has 0 aliphatic heterocycles. The van der Waals surface area contributed by atoms with Crippen molar-refractivity contribution in [2.24, 2.45) is 16.7 Å². The van der Waals surface area contributed by atoms with E-state index >= 15 is 0 Å². The number of esters is 1. The van der Waals surface area contributed by atoms with Gasteiger partial charge in [0.2, 0.25) is 0 Å². The quantitative estimate of drug-likeness (QED) is 0.532.